The molecule has 10 unspecified atom stereocenters. The average Bonchev–Trinajstić information content (AvgIpc) is 2.72. The van der Waals surface area contributed by atoms with Gasteiger partial charge in [-0.25, -0.2) is 0 Å². The lowest BCUT2D eigenvalue weighted by Gasteiger charge is -2.45. The molecular formula is C17H32O11S. The van der Waals surface area contributed by atoms with Crippen molar-refractivity contribution in [2.75, 3.05) is 25.6 Å². The van der Waals surface area contributed by atoms with E-state index in [1.807, 2.05) is 0 Å². The van der Waals surface area contributed by atoms with Crippen LogP contribution in [0.5, 0.6) is 0 Å². The van der Waals surface area contributed by atoms with Crippen LogP contribution in [-0.4, -0.2) is 123 Å². The largest absolute Gasteiger partial charge is 0.394 e. The van der Waals surface area contributed by atoms with E-state index in [4.69, 9.17) is 18.9 Å². The quantitative estimate of drug-likeness (QED) is 0.125. The molecule has 10 atom stereocenters. The molecule has 2 aliphatic rings. The zero-order valence-electron chi connectivity index (χ0n) is 15.9. The van der Waals surface area contributed by atoms with Gasteiger partial charge >= 0.3 is 0 Å². The summed E-state index contributed by atoms with van der Waals surface area (Å²) in [6, 6.07) is 0. The fourth-order valence-corrected chi connectivity index (χ4v) is 3.51. The molecule has 2 saturated heterocycles. The van der Waals surface area contributed by atoms with Crippen LogP contribution in [0.4, 0.5) is 0 Å². The van der Waals surface area contributed by atoms with Crippen molar-refractivity contribution in [3.8, 4) is 0 Å². The molecule has 0 saturated carbocycles. The van der Waals surface area contributed by atoms with E-state index in [0.717, 1.165) is 18.6 Å². The van der Waals surface area contributed by atoms with Crippen LogP contribution < -0.4 is 0 Å². The van der Waals surface area contributed by atoms with Gasteiger partial charge in [0, 0.05) is 6.61 Å². The summed E-state index contributed by atoms with van der Waals surface area (Å²) < 4.78 is 21.7. The fourth-order valence-electron chi connectivity index (χ4n) is 3.28. The lowest BCUT2D eigenvalue weighted by molar-refractivity contribution is -0.359. The third-order valence-corrected chi connectivity index (χ3v) is 5.36. The Morgan fingerprint density at radius 1 is 0.690 bits per heavy atom. The highest BCUT2D eigenvalue weighted by Gasteiger charge is 2.50. The second kappa shape index (κ2) is 12.1. The molecule has 12 heteroatoms. The minimum absolute atomic E-state index is 0.276. The summed E-state index contributed by atoms with van der Waals surface area (Å²) in [6.07, 6.45) is -11.9. The lowest BCUT2D eigenvalue weighted by Crippen LogP contribution is -2.64. The summed E-state index contributed by atoms with van der Waals surface area (Å²) in [5, 5.41) is 69.4. The number of hydrogen-bond donors (Lipinski definition) is 8. The molecule has 0 aromatic heterocycles. The molecule has 2 rings (SSSR count). The fraction of sp³-hybridized carbons (Fsp3) is 1.00. The monoisotopic (exact) mass is 444 g/mol. The van der Waals surface area contributed by atoms with E-state index < -0.39 is 74.6 Å². The van der Waals surface area contributed by atoms with Gasteiger partial charge in [-0.15, -0.1) is 0 Å². The van der Waals surface area contributed by atoms with Crippen molar-refractivity contribution in [2.24, 2.45) is 0 Å². The van der Waals surface area contributed by atoms with Crippen LogP contribution in [0.25, 0.3) is 0 Å². The molecule has 2 fully saturated rings. The molecule has 0 aliphatic carbocycles. The maximum atomic E-state index is 10.5. The normalized spacial score (nSPS) is 43.4. The number of aliphatic hydroxyl groups excluding tert-OH is 7. The van der Waals surface area contributed by atoms with Crippen LogP contribution >= 0.6 is 12.6 Å². The highest BCUT2D eigenvalue weighted by Crippen LogP contribution is 2.29. The number of unbranched alkanes of at least 4 members (excludes halogenated alkanes) is 2. The molecule has 0 radical (unpaired) electrons. The van der Waals surface area contributed by atoms with Gasteiger partial charge in [-0.3, -0.25) is 0 Å². The van der Waals surface area contributed by atoms with Crippen molar-refractivity contribution in [2.45, 2.75) is 80.7 Å². The van der Waals surface area contributed by atoms with E-state index in [2.05, 4.69) is 12.6 Å². The smallest absolute Gasteiger partial charge is 0.187 e. The van der Waals surface area contributed by atoms with Gasteiger partial charge in [0.25, 0.3) is 0 Å². The number of hydrogen-bond acceptors (Lipinski definition) is 12. The first-order valence-electron chi connectivity index (χ1n) is 9.66. The summed E-state index contributed by atoms with van der Waals surface area (Å²) in [5.41, 5.74) is 0. The summed E-state index contributed by atoms with van der Waals surface area (Å²) in [4.78, 5) is 0. The Morgan fingerprint density at radius 2 is 1.31 bits per heavy atom. The minimum Gasteiger partial charge on any atom is -0.394 e. The van der Waals surface area contributed by atoms with Gasteiger partial charge in [-0.2, -0.15) is 12.6 Å². The van der Waals surface area contributed by atoms with E-state index in [-0.39, 0.29) is 6.61 Å². The SMILES string of the molecule is OCC1OC(OC2C(CO)OC(OCCCCCS)C(O)C2O)C(O)C(O)C1O. The van der Waals surface area contributed by atoms with E-state index in [0.29, 0.717) is 6.42 Å². The van der Waals surface area contributed by atoms with E-state index in [1.54, 1.807) is 0 Å². The molecule has 29 heavy (non-hydrogen) atoms. The zero-order valence-corrected chi connectivity index (χ0v) is 16.8. The molecule has 172 valence electrons. The first kappa shape index (κ1) is 25.2. The van der Waals surface area contributed by atoms with Crippen molar-refractivity contribution in [1.29, 1.82) is 0 Å². The van der Waals surface area contributed by atoms with Crippen molar-refractivity contribution in [1.82, 2.24) is 0 Å². The molecule has 0 amide bonds. The molecular weight excluding hydrogens is 412 g/mol. The predicted octanol–water partition coefficient (Wildman–Crippen LogP) is -3.27. The third kappa shape index (κ3) is 6.21. The summed E-state index contributed by atoms with van der Waals surface area (Å²) in [5.74, 6) is 0.755. The van der Waals surface area contributed by atoms with Crippen molar-refractivity contribution < 1.29 is 54.7 Å². The Morgan fingerprint density at radius 3 is 1.93 bits per heavy atom. The van der Waals surface area contributed by atoms with Gasteiger partial charge in [0.15, 0.2) is 12.6 Å². The van der Waals surface area contributed by atoms with Crippen LogP contribution in [0.3, 0.4) is 0 Å². The van der Waals surface area contributed by atoms with E-state index in [9.17, 15) is 35.7 Å². The predicted molar refractivity (Wildman–Crippen MR) is 100 cm³/mol. The maximum absolute atomic E-state index is 10.5. The average molecular weight is 444 g/mol. The van der Waals surface area contributed by atoms with E-state index in [1.165, 1.54) is 0 Å². The zero-order chi connectivity index (χ0) is 21.6. The van der Waals surface area contributed by atoms with Crippen LogP contribution in [0.2, 0.25) is 0 Å². The molecule has 7 N–H and O–H groups in total. The first-order chi connectivity index (χ1) is 13.8. The van der Waals surface area contributed by atoms with Crippen LogP contribution in [-0.2, 0) is 18.9 Å². The van der Waals surface area contributed by atoms with Crippen LogP contribution in [0.15, 0.2) is 0 Å². The van der Waals surface area contributed by atoms with Gasteiger partial charge in [0.1, 0.15) is 48.8 Å². The number of rotatable bonds is 10. The highest BCUT2D eigenvalue weighted by molar-refractivity contribution is 7.80. The Labute approximate surface area is 174 Å². The van der Waals surface area contributed by atoms with Gasteiger partial charge in [0.2, 0.25) is 0 Å². The standard InChI is InChI=1S/C17H32O11S/c18-6-8-10(20)11(21)13(23)17(26-8)28-15-9(7-19)27-16(14(24)12(15)22)25-4-2-1-3-5-29/h8-24,29H,1-7H2. The van der Waals surface area contributed by atoms with Crippen LogP contribution in [0.1, 0.15) is 19.3 Å². The molecule has 0 aromatic rings. The Kier molecular flexibility index (Phi) is 10.5. The molecule has 0 bridgehead atoms. The van der Waals surface area contributed by atoms with Gasteiger partial charge in [0.05, 0.1) is 13.2 Å². The lowest BCUT2D eigenvalue weighted by atomic mass is 9.97. The summed E-state index contributed by atoms with van der Waals surface area (Å²) in [6.45, 7) is -0.965. The Hall–Kier alpha value is -0.0900. The van der Waals surface area contributed by atoms with E-state index >= 15 is 0 Å². The summed E-state index contributed by atoms with van der Waals surface area (Å²) >= 11 is 4.12. The molecule has 2 aliphatic heterocycles. The minimum atomic E-state index is -1.70. The number of thiol groups is 1. The Balaban J connectivity index is 1.98. The van der Waals surface area contributed by atoms with Crippen molar-refractivity contribution in [3.63, 3.8) is 0 Å². The Bertz CT molecular complexity index is 469. The maximum Gasteiger partial charge on any atom is 0.187 e. The first-order valence-corrected chi connectivity index (χ1v) is 10.3. The van der Waals surface area contributed by atoms with Crippen molar-refractivity contribution >= 4 is 12.6 Å². The van der Waals surface area contributed by atoms with Gasteiger partial charge in [-0.1, -0.05) is 6.42 Å². The third-order valence-electron chi connectivity index (χ3n) is 5.04. The summed E-state index contributed by atoms with van der Waals surface area (Å²) in [7, 11) is 0. The number of ether oxygens (including phenoxy) is 4. The van der Waals surface area contributed by atoms with Crippen LogP contribution in [0, 0.1) is 0 Å². The molecule has 2 heterocycles. The second-order valence-electron chi connectivity index (χ2n) is 7.16. The highest BCUT2D eigenvalue weighted by atomic mass is 32.1. The topological polar surface area (TPSA) is 179 Å². The van der Waals surface area contributed by atoms with Gasteiger partial charge in [-0.05, 0) is 18.6 Å². The number of aliphatic hydroxyl groups is 7. The second-order valence-corrected chi connectivity index (χ2v) is 7.61. The van der Waals surface area contributed by atoms with Gasteiger partial charge < -0.3 is 54.7 Å². The molecule has 0 aromatic carbocycles. The van der Waals surface area contributed by atoms with Crippen molar-refractivity contribution in [3.05, 3.63) is 0 Å². The molecule has 0 spiro atoms. The molecule has 11 nitrogen and oxygen atoms in total.